The van der Waals surface area contributed by atoms with E-state index in [2.05, 4.69) is 21.2 Å². The van der Waals surface area contributed by atoms with E-state index in [4.69, 9.17) is 26.1 Å². The second-order valence-corrected chi connectivity index (χ2v) is 12.7. The maximum Gasteiger partial charge on any atom is 0.271 e. The maximum atomic E-state index is 14.1. The van der Waals surface area contributed by atoms with Gasteiger partial charge >= 0.3 is 0 Å². The Morgan fingerprint density at radius 3 is 2.48 bits per heavy atom. The van der Waals surface area contributed by atoms with Crippen molar-refractivity contribution >= 4 is 56.5 Å². The predicted octanol–water partition coefficient (Wildman–Crippen LogP) is 7.27. The van der Waals surface area contributed by atoms with Crippen LogP contribution in [0.5, 0.6) is 11.5 Å². The first-order valence-electron chi connectivity index (χ1n) is 14.6. The second-order valence-electron chi connectivity index (χ2n) is 10.5. The van der Waals surface area contributed by atoms with Crippen molar-refractivity contribution in [3.63, 3.8) is 0 Å². The molecule has 1 aromatic heterocycles. The summed E-state index contributed by atoms with van der Waals surface area (Å²) < 4.78 is 14.5. The number of benzene rings is 4. The molecule has 232 valence electrons. The average molecular weight is 715 g/mol. The fourth-order valence-electron chi connectivity index (χ4n) is 5.21. The van der Waals surface area contributed by atoms with E-state index in [-0.39, 0.29) is 11.5 Å². The summed E-state index contributed by atoms with van der Waals surface area (Å²) in [5.41, 5.74) is 3.81. The van der Waals surface area contributed by atoms with Crippen molar-refractivity contribution in [2.24, 2.45) is 4.99 Å². The van der Waals surface area contributed by atoms with Crippen LogP contribution < -0.4 is 29.7 Å². The highest BCUT2D eigenvalue weighted by atomic mass is 79.9. The molecule has 10 heteroatoms. The molecule has 7 nitrogen and oxygen atoms in total. The molecule has 0 bridgehead atoms. The Balaban J connectivity index is 1.37. The van der Waals surface area contributed by atoms with Gasteiger partial charge in [-0.05, 0) is 89.4 Å². The van der Waals surface area contributed by atoms with E-state index >= 15 is 0 Å². The molecule has 0 fully saturated rings. The summed E-state index contributed by atoms with van der Waals surface area (Å²) in [5.74, 6) is 1.04. The lowest BCUT2D eigenvalue weighted by Gasteiger charge is -2.25. The molecule has 0 saturated heterocycles. The Hall–Kier alpha value is -4.44. The Labute approximate surface area is 283 Å². The van der Waals surface area contributed by atoms with Crippen molar-refractivity contribution in [2.75, 3.05) is 11.9 Å². The summed E-state index contributed by atoms with van der Waals surface area (Å²) in [6, 6.07) is 29.2. The fourth-order valence-corrected chi connectivity index (χ4v) is 6.95. The van der Waals surface area contributed by atoms with Crippen molar-refractivity contribution < 1.29 is 14.3 Å². The molecular weight excluding hydrogens is 686 g/mol. The normalized spacial score (nSPS) is 14.4. The number of ether oxygens (including phenoxy) is 2. The number of thiazole rings is 1. The van der Waals surface area contributed by atoms with Gasteiger partial charge in [0.1, 0.15) is 18.1 Å². The topological polar surface area (TPSA) is 81.9 Å². The summed E-state index contributed by atoms with van der Waals surface area (Å²) in [6.07, 6.45) is 1.82. The molecule has 6 rings (SSSR count). The number of para-hydroxylation sites is 1. The van der Waals surface area contributed by atoms with Gasteiger partial charge < -0.3 is 14.8 Å². The van der Waals surface area contributed by atoms with E-state index in [0.717, 1.165) is 21.2 Å². The van der Waals surface area contributed by atoms with Crippen LogP contribution in [0.4, 0.5) is 5.69 Å². The molecule has 0 saturated carbocycles. The Bertz CT molecular complexity index is 2130. The number of hydrogen-bond donors (Lipinski definition) is 1. The highest BCUT2D eigenvalue weighted by Crippen LogP contribution is 2.32. The number of anilines is 1. The first-order valence-corrected chi connectivity index (χ1v) is 16.6. The van der Waals surface area contributed by atoms with Gasteiger partial charge in [0.25, 0.3) is 11.5 Å². The molecule has 0 radical (unpaired) electrons. The Morgan fingerprint density at radius 1 is 1.02 bits per heavy atom. The number of rotatable bonds is 9. The number of nitrogens with one attached hydrogen (secondary N) is 1. The van der Waals surface area contributed by atoms with E-state index < -0.39 is 6.04 Å². The van der Waals surface area contributed by atoms with Crippen LogP contribution in [0, 0.1) is 0 Å². The fraction of sp³-hybridized carbons (Fsp3) is 0.139. The minimum Gasteiger partial charge on any atom is -0.494 e. The molecule has 5 aromatic rings. The molecule has 2 heterocycles. The first-order chi connectivity index (χ1) is 22.3. The summed E-state index contributed by atoms with van der Waals surface area (Å²) in [7, 11) is 0. The lowest BCUT2D eigenvalue weighted by atomic mass is 9.95. The van der Waals surface area contributed by atoms with Crippen LogP contribution in [-0.2, 0) is 11.4 Å². The minimum atomic E-state index is -0.690. The highest BCUT2D eigenvalue weighted by molar-refractivity contribution is 9.10. The number of fused-ring (bicyclic) bond motifs is 1. The predicted molar refractivity (Wildman–Crippen MR) is 186 cm³/mol. The zero-order valence-corrected chi connectivity index (χ0v) is 28.2. The van der Waals surface area contributed by atoms with Crippen molar-refractivity contribution in [3.8, 4) is 11.5 Å². The van der Waals surface area contributed by atoms with Crippen LogP contribution in [0.2, 0.25) is 5.02 Å². The largest absolute Gasteiger partial charge is 0.494 e. The third kappa shape index (κ3) is 6.72. The van der Waals surface area contributed by atoms with Gasteiger partial charge in [0, 0.05) is 16.3 Å². The van der Waals surface area contributed by atoms with Gasteiger partial charge in [-0.15, -0.1) is 0 Å². The average Bonchev–Trinajstić information content (AvgIpc) is 3.35. The molecule has 46 heavy (non-hydrogen) atoms. The number of hydrogen-bond acceptors (Lipinski definition) is 6. The SMILES string of the molecule is CCOc1ccc([C@@H]2C(C(=O)Nc3ccccc3)=C(C)N=c3s/c(=C\c4ccc(OCc5ccccc5Cl)c(Br)c4)c(=O)n32)cc1. The monoisotopic (exact) mass is 713 g/mol. The van der Waals surface area contributed by atoms with E-state index in [9.17, 15) is 9.59 Å². The summed E-state index contributed by atoms with van der Waals surface area (Å²) in [5, 5.41) is 3.62. The zero-order chi connectivity index (χ0) is 32.2. The third-order valence-electron chi connectivity index (χ3n) is 7.40. The van der Waals surface area contributed by atoms with Crippen molar-refractivity contribution in [2.45, 2.75) is 26.5 Å². The number of allylic oxidation sites excluding steroid dienone is 1. The zero-order valence-electron chi connectivity index (χ0n) is 25.0. The Morgan fingerprint density at radius 2 is 1.76 bits per heavy atom. The summed E-state index contributed by atoms with van der Waals surface area (Å²) in [4.78, 5) is 33.1. The van der Waals surface area contributed by atoms with Gasteiger partial charge in [0.15, 0.2) is 4.80 Å². The highest BCUT2D eigenvalue weighted by Gasteiger charge is 2.32. The van der Waals surface area contributed by atoms with Gasteiger partial charge in [-0.25, -0.2) is 4.99 Å². The number of nitrogens with zero attached hydrogens (tertiary/aromatic N) is 2. The molecule has 1 aliphatic rings. The van der Waals surface area contributed by atoms with E-state index in [1.165, 1.54) is 11.3 Å². The molecule has 1 aliphatic heterocycles. The van der Waals surface area contributed by atoms with Crippen LogP contribution >= 0.6 is 38.9 Å². The molecule has 0 unspecified atom stereocenters. The van der Waals surface area contributed by atoms with Crippen LogP contribution in [0.25, 0.3) is 6.08 Å². The van der Waals surface area contributed by atoms with Gasteiger partial charge in [-0.3, -0.25) is 14.2 Å². The molecule has 1 N–H and O–H groups in total. The van der Waals surface area contributed by atoms with Crippen LogP contribution in [0.1, 0.15) is 36.6 Å². The van der Waals surface area contributed by atoms with E-state index in [0.29, 0.717) is 56.0 Å². The quantitative estimate of drug-likeness (QED) is 0.174. The van der Waals surface area contributed by atoms with Gasteiger partial charge in [-0.1, -0.05) is 77.5 Å². The summed E-state index contributed by atoms with van der Waals surface area (Å²) >= 11 is 11.2. The number of carbonyl (C=O) groups excluding carboxylic acids is 1. The maximum absolute atomic E-state index is 14.1. The minimum absolute atomic E-state index is 0.240. The van der Waals surface area contributed by atoms with Crippen LogP contribution in [-0.4, -0.2) is 17.1 Å². The van der Waals surface area contributed by atoms with Crippen molar-refractivity contribution in [1.29, 1.82) is 0 Å². The lowest BCUT2D eigenvalue weighted by molar-refractivity contribution is -0.113. The number of carbonyl (C=O) groups is 1. The molecule has 0 spiro atoms. The second kappa shape index (κ2) is 13.9. The van der Waals surface area contributed by atoms with E-state index in [1.54, 1.807) is 11.5 Å². The number of aromatic nitrogens is 1. The third-order valence-corrected chi connectivity index (χ3v) is 9.37. The lowest BCUT2D eigenvalue weighted by Crippen LogP contribution is -2.40. The summed E-state index contributed by atoms with van der Waals surface area (Å²) in [6.45, 7) is 4.57. The van der Waals surface area contributed by atoms with Crippen LogP contribution in [0.15, 0.2) is 123 Å². The molecule has 0 aliphatic carbocycles. The molecule has 1 atom stereocenters. The molecular formula is C36H29BrClN3O4S. The van der Waals surface area contributed by atoms with Gasteiger partial charge in [0.05, 0.1) is 32.9 Å². The Kier molecular flexibility index (Phi) is 9.53. The number of halogens is 2. The van der Waals surface area contributed by atoms with Gasteiger partial charge in [-0.2, -0.15) is 0 Å². The standard InChI is InChI=1S/C36H29BrClN3O4S/c1-3-44-27-16-14-24(15-17-27)33-32(34(42)40-26-10-5-4-6-11-26)22(2)39-36-41(33)35(43)31(46-36)20-23-13-18-30(28(37)19-23)45-21-25-9-7-8-12-29(25)38/h4-20,33H,3,21H2,1-2H3,(H,40,42)/b31-20-/t33-/m1/s1. The van der Waals surface area contributed by atoms with Crippen LogP contribution in [0.3, 0.4) is 0 Å². The number of amides is 1. The van der Waals surface area contributed by atoms with E-state index in [1.807, 2.05) is 110 Å². The van der Waals surface area contributed by atoms with Gasteiger partial charge in [0.2, 0.25) is 0 Å². The molecule has 1 amide bonds. The smallest absolute Gasteiger partial charge is 0.271 e. The van der Waals surface area contributed by atoms with Crippen molar-refractivity contribution in [1.82, 2.24) is 4.57 Å². The first kappa shape index (κ1) is 31.5. The molecule has 4 aromatic carbocycles. The van der Waals surface area contributed by atoms with Crippen molar-refractivity contribution in [3.05, 3.63) is 154 Å².